The van der Waals surface area contributed by atoms with Crippen molar-refractivity contribution in [3.05, 3.63) is 0 Å². The number of hydrogen-bond acceptors (Lipinski definition) is 0. The second-order valence-corrected chi connectivity index (χ2v) is 7.47. The minimum atomic E-state index is 0. The summed E-state index contributed by atoms with van der Waals surface area (Å²) in [4.78, 5) is 0.802. The molecule has 1 rings (SSSR count). The Balaban J connectivity index is 0.00000144. The highest BCUT2D eigenvalue weighted by Gasteiger charge is 2.29. The molecule has 0 radical (unpaired) electrons. The Bertz CT molecular complexity index is 128. The summed E-state index contributed by atoms with van der Waals surface area (Å²) in [6.07, 6.45) is 13.4. The Labute approximate surface area is 104 Å². The summed E-state index contributed by atoms with van der Waals surface area (Å²) in [5.74, 6) is 0. The van der Waals surface area contributed by atoms with Crippen molar-refractivity contribution in [1.29, 1.82) is 0 Å². The third kappa shape index (κ3) is 5.08. The van der Waals surface area contributed by atoms with Crippen LogP contribution >= 0.6 is 15.9 Å². The van der Waals surface area contributed by atoms with Crippen LogP contribution in [-0.4, -0.2) is 22.6 Å². The average Bonchev–Trinajstić information content (AvgIpc) is 1.96. The molecular formula is C10H20Br2S. The van der Waals surface area contributed by atoms with E-state index in [0.29, 0.717) is 10.9 Å². The Morgan fingerprint density at radius 3 is 2.08 bits per heavy atom. The van der Waals surface area contributed by atoms with E-state index in [1.54, 1.807) is 0 Å². The van der Waals surface area contributed by atoms with Gasteiger partial charge in [-0.15, -0.1) is 0 Å². The molecule has 2 atom stereocenters. The highest BCUT2D eigenvalue weighted by molar-refractivity contribution is 9.09. The lowest BCUT2D eigenvalue weighted by molar-refractivity contribution is -0.00000255. The molecule has 1 fully saturated rings. The van der Waals surface area contributed by atoms with Gasteiger partial charge < -0.3 is 17.0 Å². The molecule has 0 N–H and O–H groups in total. The average molecular weight is 332 g/mol. The summed E-state index contributed by atoms with van der Waals surface area (Å²) in [5.41, 5.74) is 0. The normalized spacial score (nSPS) is 30.5. The van der Waals surface area contributed by atoms with E-state index in [2.05, 4.69) is 28.4 Å². The molecule has 13 heavy (non-hydrogen) atoms. The predicted molar refractivity (Wildman–Crippen MR) is 63.4 cm³/mol. The SMILES string of the molecule is C[S+](C)C1CCCCCCC1Br.[Br-]. The first-order valence-corrected chi connectivity index (χ1v) is 7.94. The van der Waals surface area contributed by atoms with Gasteiger partial charge in [-0.25, -0.2) is 0 Å². The number of rotatable bonds is 1. The van der Waals surface area contributed by atoms with Gasteiger partial charge in [-0.3, -0.25) is 0 Å². The molecule has 0 aromatic heterocycles. The molecule has 80 valence electrons. The second kappa shape index (κ2) is 7.58. The lowest BCUT2D eigenvalue weighted by atomic mass is 10.0. The fourth-order valence-electron chi connectivity index (χ4n) is 1.94. The van der Waals surface area contributed by atoms with Crippen molar-refractivity contribution >= 4 is 26.8 Å². The summed E-state index contributed by atoms with van der Waals surface area (Å²) in [5, 5.41) is 0.949. The van der Waals surface area contributed by atoms with Crippen LogP contribution in [0.5, 0.6) is 0 Å². The maximum Gasteiger partial charge on any atom is 0.130 e. The van der Waals surface area contributed by atoms with Crippen molar-refractivity contribution in [2.45, 2.75) is 48.6 Å². The minimum Gasteiger partial charge on any atom is -1.00 e. The lowest BCUT2D eigenvalue weighted by Gasteiger charge is -2.21. The zero-order valence-corrected chi connectivity index (χ0v) is 12.6. The molecule has 0 aromatic carbocycles. The van der Waals surface area contributed by atoms with Crippen LogP contribution in [-0.2, 0) is 10.9 Å². The standard InChI is InChI=1S/C10H20BrS.BrH/c1-12(2)10-8-6-4-3-5-7-9(10)11;/h9-10H,3-8H2,1-2H3;1H/q+1;/p-1. The monoisotopic (exact) mass is 330 g/mol. The van der Waals surface area contributed by atoms with Gasteiger partial charge in [0, 0.05) is 0 Å². The van der Waals surface area contributed by atoms with Crippen molar-refractivity contribution in [2.75, 3.05) is 12.5 Å². The van der Waals surface area contributed by atoms with Gasteiger partial charge in [0.25, 0.3) is 0 Å². The molecule has 0 aliphatic heterocycles. The van der Waals surface area contributed by atoms with E-state index in [-0.39, 0.29) is 17.0 Å². The number of hydrogen-bond donors (Lipinski definition) is 0. The molecule has 0 nitrogen and oxygen atoms in total. The highest BCUT2D eigenvalue weighted by atomic mass is 79.9. The molecule has 0 heterocycles. The maximum absolute atomic E-state index is 3.85. The van der Waals surface area contributed by atoms with Gasteiger partial charge >= 0.3 is 0 Å². The van der Waals surface area contributed by atoms with Crippen LogP contribution in [0.2, 0.25) is 0 Å². The van der Waals surface area contributed by atoms with E-state index in [4.69, 9.17) is 0 Å². The number of alkyl halides is 1. The minimum absolute atomic E-state index is 0. The molecule has 1 aliphatic carbocycles. The Kier molecular flexibility index (Phi) is 8.35. The van der Waals surface area contributed by atoms with Crippen LogP contribution in [0, 0.1) is 0 Å². The Morgan fingerprint density at radius 1 is 1.00 bits per heavy atom. The first-order valence-electron chi connectivity index (χ1n) is 4.92. The van der Waals surface area contributed by atoms with E-state index in [0.717, 1.165) is 10.1 Å². The number of halogens is 2. The van der Waals surface area contributed by atoms with Crippen LogP contribution in [0.25, 0.3) is 0 Å². The van der Waals surface area contributed by atoms with E-state index < -0.39 is 0 Å². The van der Waals surface area contributed by atoms with Crippen molar-refractivity contribution in [3.8, 4) is 0 Å². The molecule has 0 spiro atoms. The van der Waals surface area contributed by atoms with Crippen molar-refractivity contribution in [2.24, 2.45) is 0 Å². The first-order chi connectivity index (χ1) is 5.72. The predicted octanol–water partition coefficient (Wildman–Crippen LogP) is 0.355. The van der Waals surface area contributed by atoms with Gasteiger partial charge in [-0.05, 0) is 30.2 Å². The molecule has 1 saturated carbocycles. The summed E-state index contributed by atoms with van der Waals surface area (Å²) in [7, 11) is 0.602. The van der Waals surface area contributed by atoms with Gasteiger partial charge in [0.2, 0.25) is 0 Å². The van der Waals surface area contributed by atoms with Gasteiger partial charge in [-0.2, -0.15) is 0 Å². The second-order valence-electron chi connectivity index (χ2n) is 3.93. The van der Waals surface area contributed by atoms with Gasteiger partial charge in [0.05, 0.1) is 17.3 Å². The molecule has 0 bridgehead atoms. The van der Waals surface area contributed by atoms with Gasteiger partial charge in [0.1, 0.15) is 5.25 Å². The summed E-state index contributed by atoms with van der Waals surface area (Å²) in [6, 6.07) is 0. The quantitative estimate of drug-likeness (QED) is 0.480. The molecule has 1 aliphatic rings. The fraction of sp³-hybridized carbons (Fsp3) is 1.00. The van der Waals surface area contributed by atoms with Crippen molar-refractivity contribution < 1.29 is 17.0 Å². The summed E-state index contributed by atoms with van der Waals surface area (Å²) in [6.45, 7) is 0. The first kappa shape index (κ1) is 14.3. The van der Waals surface area contributed by atoms with E-state index in [9.17, 15) is 0 Å². The van der Waals surface area contributed by atoms with Gasteiger partial charge in [-0.1, -0.05) is 35.2 Å². The van der Waals surface area contributed by atoms with Crippen LogP contribution in [0.15, 0.2) is 0 Å². The Morgan fingerprint density at radius 2 is 1.54 bits per heavy atom. The van der Waals surface area contributed by atoms with Gasteiger partial charge in [0.15, 0.2) is 0 Å². The molecular weight excluding hydrogens is 312 g/mol. The van der Waals surface area contributed by atoms with Crippen LogP contribution in [0.1, 0.15) is 38.5 Å². The highest BCUT2D eigenvalue weighted by Crippen LogP contribution is 2.27. The molecule has 0 saturated heterocycles. The lowest BCUT2D eigenvalue weighted by Crippen LogP contribution is -3.00. The zero-order chi connectivity index (χ0) is 8.97. The third-order valence-corrected chi connectivity index (χ3v) is 5.95. The van der Waals surface area contributed by atoms with Crippen LogP contribution < -0.4 is 17.0 Å². The summed E-state index contributed by atoms with van der Waals surface area (Å²) < 4.78 is 0. The maximum atomic E-state index is 3.85. The van der Waals surface area contributed by atoms with Crippen LogP contribution in [0.4, 0.5) is 0 Å². The molecule has 2 unspecified atom stereocenters. The van der Waals surface area contributed by atoms with Crippen molar-refractivity contribution in [3.63, 3.8) is 0 Å². The molecule has 0 aromatic rings. The van der Waals surface area contributed by atoms with E-state index in [1.807, 2.05) is 0 Å². The zero-order valence-electron chi connectivity index (χ0n) is 8.56. The Hall–Kier alpha value is 1.31. The molecule has 0 amide bonds. The van der Waals surface area contributed by atoms with Crippen molar-refractivity contribution in [1.82, 2.24) is 0 Å². The van der Waals surface area contributed by atoms with E-state index in [1.165, 1.54) is 38.5 Å². The fourth-order valence-corrected chi connectivity index (χ4v) is 5.18. The molecule has 3 heteroatoms. The third-order valence-electron chi connectivity index (χ3n) is 2.73. The topological polar surface area (TPSA) is 0 Å². The largest absolute Gasteiger partial charge is 1.00 e. The smallest absolute Gasteiger partial charge is 0.130 e. The van der Waals surface area contributed by atoms with E-state index >= 15 is 0 Å². The summed E-state index contributed by atoms with van der Waals surface area (Å²) >= 11 is 3.85. The van der Waals surface area contributed by atoms with Crippen LogP contribution in [0.3, 0.4) is 0 Å².